The Kier molecular flexibility index (Phi) is 6.47. The molecule has 31 heavy (non-hydrogen) atoms. The van der Waals surface area contributed by atoms with Crippen molar-refractivity contribution in [2.24, 2.45) is 5.92 Å². The molecule has 0 saturated carbocycles. The van der Waals surface area contributed by atoms with Gasteiger partial charge in [-0.25, -0.2) is 0 Å². The molecule has 1 N–H and O–H groups in total. The van der Waals surface area contributed by atoms with Gasteiger partial charge in [0.15, 0.2) is 0 Å². The van der Waals surface area contributed by atoms with Gasteiger partial charge in [0.1, 0.15) is 5.69 Å². The molecule has 0 radical (unpaired) electrons. The first-order valence-electron chi connectivity index (χ1n) is 11.6. The number of benzene rings is 2. The molecule has 0 spiro atoms. The number of carbonyl (C=O) groups is 1. The highest BCUT2D eigenvalue weighted by Crippen LogP contribution is 2.28. The number of piperidine rings is 1. The van der Waals surface area contributed by atoms with E-state index in [2.05, 4.69) is 61.0 Å². The van der Waals surface area contributed by atoms with Gasteiger partial charge in [-0.15, -0.1) is 0 Å². The van der Waals surface area contributed by atoms with Crippen LogP contribution in [0.3, 0.4) is 0 Å². The molecule has 4 rings (SSSR count). The van der Waals surface area contributed by atoms with Crippen LogP contribution in [-0.4, -0.2) is 52.4 Å². The average Bonchev–Trinajstić information content (AvgIpc) is 3.22. The fraction of sp³-hybridized carbons (Fsp3) is 0.444. The first kappa shape index (κ1) is 21.6. The van der Waals surface area contributed by atoms with Crippen molar-refractivity contribution in [1.29, 1.82) is 0 Å². The molecule has 1 aliphatic rings. The van der Waals surface area contributed by atoms with Crippen molar-refractivity contribution in [1.82, 2.24) is 14.8 Å². The molecule has 2 heterocycles. The summed E-state index contributed by atoms with van der Waals surface area (Å²) in [5, 5.41) is 1.09. The topological polar surface area (TPSA) is 39.3 Å². The van der Waals surface area contributed by atoms with E-state index in [0.29, 0.717) is 11.6 Å². The zero-order valence-electron chi connectivity index (χ0n) is 19.1. The first-order valence-corrected chi connectivity index (χ1v) is 11.6. The Bertz CT molecular complexity index is 967. The van der Waals surface area contributed by atoms with Crippen molar-refractivity contribution in [3.8, 4) is 0 Å². The molecule has 4 heteroatoms. The smallest absolute Gasteiger partial charge is 0.270 e. The Balaban J connectivity index is 1.34. The zero-order valence-corrected chi connectivity index (χ0v) is 19.1. The molecule has 0 bridgehead atoms. The number of rotatable bonds is 7. The number of hydrogen-bond donors (Lipinski definition) is 1. The third-order valence-corrected chi connectivity index (χ3v) is 6.86. The van der Waals surface area contributed by atoms with Crippen molar-refractivity contribution in [3.63, 3.8) is 0 Å². The van der Waals surface area contributed by atoms with E-state index in [9.17, 15) is 4.79 Å². The standard InChI is InChI=1S/C27H35N3O/c1-4-29(26(31)25-18-23-12-8-9-13-24(23)28-25)20-22-14-16-30(17-15-22)27(2,3)19-21-10-6-5-7-11-21/h5-13,18,22,28H,4,14-17,19-20H2,1-3H3. The highest BCUT2D eigenvalue weighted by atomic mass is 16.2. The van der Waals surface area contributed by atoms with Crippen molar-refractivity contribution >= 4 is 16.8 Å². The molecule has 1 aromatic heterocycles. The molecule has 0 aliphatic carbocycles. The van der Waals surface area contributed by atoms with Crippen LogP contribution in [0.4, 0.5) is 0 Å². The summed E-state index contributed by atoms with van der Waals surface area (Å²) in [6, 6.07) is 20.8. The fourth-order valence-corrected chi connectivity index (χ4v) is 4.95. The lowest BCUT2D eigenvalue weighted by molar-refractivity contribution is 0.0546. The molecule has 0 atom stereocenters. The van der Waals surface area contributed by atoms with E-state index < -0.39 is 0 Å². The first-order chi connectivity index (χ1) is 15.0. The molecule has 4 nitrogen and oxygen atoms in total. The third kappa shape index (κ3) is 5.01. The molecule has 0 unspecified atom stereocenters. The summed E-state index contributed by atoms with van der Waals surface area (Å²) in [6.45, 7) is 10.6. The summed E-state index contributed by atoms with van der Waals surface area (Å²) in [6.07, 6.45) is 3.36. The lowest BCUT2D eigenvalue weighted by atomic mass is 9.88. The second-order valence-corrected chi connectivity index (χ2v) is 9.52. The Morgan fingerprint density at radius 2 is 1.74 bits per heavy atom. The average molecular weight is 418 g/mol. The largest absolute Gasteiger partial charge is 0.351 e. The predicted octanol–water partition coefficient (Wildman–Crippen LogP) is 5.36. The summed E-state index contributed by atoms with van der Waals surface area (Å²) in [5.74, 6) is 0.683. The molecule has 2 aromatic carbocycles. The normalized spacial score (nSPS) is 16.0. The number of H-pyrrole nitrogens is 1. The highest BCUT2D eigenvalue weighted by molar-refractivity contribution is 5.98. The maximum Gasteiger partial charge on any atom is 0.270 e. The Labute approximate surface area is 186 Å². The van der Waals surface area contributed by atoms with Crippen LogP contribution in [0.1, 0.15) is 49.7 Å². The van der Waals surface area contributed by atoms with Crippen LogP contribution >= 0.6 is 0 Å². The lowest BCUT2D eigenvalue weighted by Gasteiger charge is -2.44. The minimum absolute atomic E-state index is 0.116. The van der Waals surface area contributed by atoms with Crippen molar-refractivity contribution in [3.05, 3.63) is 71.9 Å². The minimum Gasteiger partial charge on any atom is -0.351 e. The van der Waals surface area contributed by atoms with E-state index in [1.807, 2.05) is 35.2 Å². The van der Waals surface area contributed by atoms with Crippen molar-refractivity contribution in [2.75, 3.05) is 26.2 Å². The van der Waals surface area contributed by atoms with Gasteiger partial charge in [-0.1, -0.05) is 48.5 Å². The number of nitrogens with one attached hydrogen (secondary N) is 1. The quantitative estimate of drug-likeness (QED) is 0.562. The fourth-order valence-electron chi connectivity index (χ4n) is 4.95. The van der Waals surface area contributed by atoms with Crippen LogP contribution in [0.25, 0.3) is 10.9 Å². The van der Waals surface area contributed by atoms with E-state index in [4.69, 9.17) is 0 Å². The molecular weight excluding hydrogens is 382 g/mol. The molecule has 164 valence electrons. The Morgan fingerprint density at radius 3 is 2.42 bits per heavy atom. The van der Waals surface area contributed by atoms with Gasteiger partial charge in [-0.05, 0) is 76.7 Å². The van der Waals surface area contributed by atoms with Crippen molar-refractivity contribution < 1.29 is 4.79 Å². The maximum absolute atomic E-state index is 13.1. The van der Waals surface area contributed by atoms with Crippen LogP contribution in [0, 0.1) is 5.92 Å². The summed E-state index contributed by atoms with van der Waals surface area (Å²) in [7, 11) is 0. The van der Waals surface area contributed by atoms with Gasteiger partial charge in [0.2, 0.25) is 0 Å². The van der Waals surface area contributed by atoms with Gasteiger partial charge in [0, 0.05) is 29.5 Å². The second kappa shape index (κ2) is 9.27. The summed E-state index contributed by atoms with van der Waals surface area (Å²) in [5.41, 5.74) is 3.27. The molecule has 3 aromatic rings. The molecular formula is C27H35N3O. The number of fused-ring (bicyclic) bond motifs is 1. The number of amides is 1. The number of nitrogens with zero attached hydrogens (tertiary/aromatic N) is 2. The van der Waals surface area contributed by atoms with Gasteiger partial charge in [-0.3, -0.25) is 9.69 Å². The number of hydrogen-bond acceptors (Lipinski definition) is 2. The number of aromatic nitrogens is 1. The molecule has 1 saturated heterocycles. The van der Waals surface area contributed by atoms with Crippen LogP contribution in [0.2, 0.25) is 0 Å². The van der Waals surface area contributed by atoms with E-state index in [1.54, 1.807) is 0 Å². The SMILES string of the molecule is CCN(CC1CCN(C(C)(C)Cc2ccccc2)CC1)C(=O)c1cc2ccccc2[nH]1. The Morgan fingerprint density at radius 1 is 1.06 bits per heavy atom. The van der Waals surface area contributed by atoms with Crippen LogP contribution in [0.15, 0.2) is 60.7 Å². The Hall–Kier alpha value is -2.59. The van der Waals surface area contributed by atoms with E-state index in [1.165, 1.54) is 5.56 Å². The van der Waals surface area contributed by atoms with Crippen LogP contribution in [0.5, 0.6) is 0 Å². The monoisotopic (exact) mass is 417 g/mol. The van der Waals surface area contributed by atoms with Gasteiger partial charge in [0.25, 0.3) is 5.91 Å². The van der Waals surface area contributed by atoms with E-state index >= 15 is 0 Å². The number of para-hydroxylation sites is 1. The number of likely N-dealkylation sites (tertiary alicyclic amines) is 1. The zero-order chi connectivity index (χ0) is 21.8. The summed E-state index contributed by atoms with van der Waals surface area (Å²) in [4.78, 5) is 21.1. The predicted molar refractivity (Wildman–Crippen MR) is 128 cm³/mol. The summed E-state index contributed by atoms with van der Waals surface area (Å²) >= 11 is 0. The number of aromatic amines is 1. The van der Waals surface area contributed by atoms with Gasteiger partial charge in [-0.2, -0.15) is 0 Å². The molecule has 1 fully saturated rings. The van der Waals surface area contributed by atoms with Gasteiger partial charge in [0.05, 0.1) is 0 Å². The van der Waals surface area contributed by atoms with Crippen LogP contribution < -0.4 is 0 Å². The minimum atomic E-state index is 0.116. The lowest BCUT2D eigenvalue weighted by Crippen LogP contribution is -2.50. The molecule has 1 aliphatic heterocycles. The van der Waals surface area contributed by atoms with Gasteiger partial charge < -0.3 is 9.88 Å². The summed E-state index contributed by atoms with van der Waals surface area (Å²) < 4.78 is 0. The second-order valence-electron chi connectivity index (χ2n) is 9.52. The van der Waals surface area contributed by atoms with Crippen LogP contribution in [-0.2, 0) is 6.42 Å². The number of carbonyl (C=O) groups excluding carboxylic acids is 1. The van der Waals surface area contributed by atoms with Crippen molar-refractivity contribution in [2.45, 2.75) is 45.6 Å². The van der Waals surface area contributed by atoms with E-state index in [-0.39, 0.29) is 11.4 Å². The highest BCUT2D eigenvalue weighted by Gasteiger charge is 2.32. The third-order valence-electron chi connectivity index (χ3n) is 6.86. The van der Waals surface area contributed by atoms with E-state index in [0.717, 1.165) is 56.3 Å². The maximum atomic E-state index is 13.1. The molecule has 1 amide bonds. The van der Waals surface area contributed by atoms with Gasteiger partial charge >= 0.3 is 0 Å².